The summed E-state index contributed by atoms with van der Waals surface area (Å²) in [6.45, 7) is 0. The maximum atomic E-state index is 13.0. The molecule has 1 N–H and O–H groups in total. The van der Waals surface area contributed by atoms with E-state index < -0.39 is 5.97 Å². The number of hydrogen-bond donors (Lipinski definition) is 1. The van der Waals surface area contributed by atoms with Crippen molar-refractivity contribution in [3.63, 3.8) is 0 Å². The molecule has 86 valence electrons. The Hall–Kier alpha value is -2.30. The molecule has 0 aliphatic heterocycles. The van der Waals surface area contributed by atoms with E-state index in [0.717, 1.165) is 0 Å². The van der Waals surface area contributed by atoms with E-state index in [-0.39, 0.29) is 18.1 Å². The zero-order chi connectivity index (χ0) is 12.3. The van der Waals surface area contributed by atoms with Crippen LogP contribution >= 0.6 is 0 Å². The van der Waals surface area contributed by atoms with Gasteiger partial charge in [0, 0.05) is 11.8 Å². The normalized spacial score (nSPS) is 10.2. The first kappa shape index (κ1) is 11.2. The molecule has 0 spiro atoms. The SMILES string of the molecule is O=C(O)Cc1nccc(-c2cccc(F)c2)n1. The van der Waals surface area contributed by atoms with E-state index in [9.17, 15) is 9.18 Å². The van der Waals surface area contributed by atoms with Crippen molar-refractivity contribution in [1.82, 2.24) is 9.97 Å². The van der Waals surface area contributed by atoms with Gasteiger partial charge in [0.2, 0.25) is 0 Å². The lowest BCUT2D eigenvalue weighted by atomic mass is 10.1. The minimum atomic E-state index is -0.999. The number of rotatable bonds is 3. The summed E-state index contributed by atoms with van der Waals surface area (Å²) in [5.41, 5.74) is 1.11. The van der Waals surface area contributed by atoms with Gasteiger partial charge in [-0.15, -0.1) is 0 Å². The van der Waals surface area contributed by atoms with Gasteiger partial charge in [0.15, 0.2) is 0 Å². The number of nitrogens with zero attached hydrogens (tertiary/aromatic N) is 2. The number of carbonyl (C=O) groups is 1. The fraction of sp³-hybridized carbons (Fsp3) is 0.0833. The standard InChI is InChI=1S/C12H9FN2O2/c13-9-3-1-2-8(6-9)10-4-5-14-11(15-10)7-12(16)17/h1-6H,7H2,(H,16,17). The van der Waals surface area contributed by atoms with Crippen LogP contribution in [0.1, 0.15) is 5.82 Å². The number of carboxylic acids is 1. The molecule has 1 aromatic carbocycles. The molecule has 17 heavy (non-hydrogen) atoms. The molecular weight excluding hydrogens is 223 g/mol. The van der Waals surface area contributed by atoms with Crippen molar-refractivity contribution >= 4 is 5.97 Å². The lowest BCUT2D eigenvalue weighted by Crippen LogP contribution is -2.05. The summed E-state index contributed by atoms with van der Waals surface area (Å²) in [4.78, 5) is 18.4. The van der Waals surface area contributed by atoms with Gasteiger partial charge in [-0.25, -0.2) is 14.4 Å². The zero-order valence-electron chi connectivity index (χ0n) is 8.80. The second-order valence-electron chi connectivity index (χ2n) is 3.44. The molecule has 1 heterocycles. The molecule has 0 atom stereocenters. The summed E-state index contributed by atoms with van der Waals surface area (Å²) in [6, 6.07) is 7.56. The zero-order valence-corrected chi connectivity index (χ0v) is 8.80. The van der Waals surface area contributed by atoms with Crippen molar-refractivity contribution in [2.45, 2.75) is 6.42 Å². The van der Waals surface area contributed by atoms with Crippen LogP contribution in [0.2, 0.25) is 0 Å². The first-order valence-electron chi connectivity index (χ1n) is 4.95. The topological polar surface area (TPSA) is 63.1 Å². The molecule has 0 bridgehead atoms. The van der Waals surface area contributed by atoms with Crippen LogP contribution in [-0.4, -0.2) is 21.0 Å². The molecule has 4 nitrogen and oxygen atoms in total. The molecule has 5 heteroatoms. The monoisotopic (exact) mass is 232 g/mol. The molecule has 1 aromatic heterocycles. The minimum Gasteiger partial charge on any atom is -0.481 e. The molecule has 2 rings (SSSR count). The summed E-state index contributed by atoms with van der Waals surface area (Å²) < 4.78 is 13.0. The van der Waals surface area contributed by atoms with Crippen LogP contribution in [0.15, 0.2) is 36.5 Å². The quantitative estimate of drug-likeness (QED) is 0.877. The molecule has 0 aliphatic carbocycles. The third-order valence-electron chi connectivity index (χ3n) is 2.14. The highest BCUT2D eigenvalue weighted by Crippen LogP contribution is 2.17. The van der Waals surface area contributed by atoms with Crippen LogP contribution in [0.5, 0.6) is 0 Å². The largest absolute Gasteiger partial charge is 0.481 e. The first-order chi connectivity index (χ1) is 8.15. The summed E-state index contributed by atoms with van der Waals surface area (Å²) in [6.07, 6.45) is 1.22. The Bertz CT molecular complexity index is 558. The summed E-state index contributed by atoms with van der Waals surface area (Å²) in [5, 5.41) is 8.63. The van der Waals surface area contributed by atoms with E-state index in [1.807, 2.05) is 0 Å². The third kappa shape index (κ3) is 2.84. The summed E-state index contributed by atoms with van der Waals surface area (Å²) in [7, 11) is 0. The molecule has 2 aromatic rings. The van der Waals surface area contributed by atoms with Crippen molar-refractivity contribution < 1.29 is 14.3 Å². The molecule has 0 aliphatic rings. The highest BCUT2D eigenvalue weighted by molar-refractivity contribution is 5.69. The predicted octanol–water partition coefficient (Wildman–Crippen LogP) is 1.91. The van der Waals surface area contributed by atoms with Gasteiger partial charge in [0.25, 0.3) is 0 Å². The van der Waals surface area contributed by atoms with E-state index >= 15 is 0 Å². The van der Waals surface area contributed by atoms with E-state index in [0.29, 0.717) is 11.3 Å². The van der Waals surface area contributed by atoms with E-state index in [2.05, 4.69) is 9.97 Å². The Morgan fingerprint density at radius 1 is 1.35 bits per heavy atom. The fourth-order valence-corrected chi connectivity index (χ4v) is 1.43. The maximum Gasteiger partial charge on any atom is 0.311 e. The van der Waals surface area contributed by atoms with E-state index in [1.165, 1.54) is 18.3 Å². The van der Waals surface area contributed by atoms with Gasteiger partial charge in [-0.1, -0.05) is 12.1 Å². The van der Waals surface area contributed by atoms with Gasteiger partial charge in [0.1, 0.15) is 18.1 Å². The van der Waals surface area contributed by atoms with Gasteiger partial charge in [0.05, 0.1) is 5.69 Å². The molecular formula is C12H9FN2O2. The van der Waals surface area contributed by atoms with Crippen LogP contribution in [0.25, 0.3) is 11.3 Å². The Labute approximate surface area is 96.8 Å². The molecule has 0 saturated heterocycles. The number of aliphatic carboxylic acids is 1. The van der Waals surface area contributed by atoms with Crippen LogP contribution < -0.4 is 0 Å². The van der Waals surface area contributed by atoms with Gasteiger partial charge < -0.3 is 5.11 Å². The molecule has 0 saturated carbocycles. The Morgan fingerprint density at radius 2 is 2.18 bits per heavy atom. The van der Waals surface area contributed by atoms with Gasteiger partial charge in [-0.05, 0) is 18.2 Å². The number of carboxylic acid groups (broad SMARTS) is 1. The first-order valence-corrected chi connectivity index (χ1v) is 4.95. The van der Waals surface area contributed by atoms with Crippen LogP contribution in [0.3, 0.4) is 0 Å². The molecule has 0 fully saturated rings. The highest BCUT2D eigenvalue weighted by atomic mass is 19.1. The van der Waals surface area contributed by atoms with Gasteiger partial charge >= 0.3 is 5.97 Å². The lowest BCUT2D eigenvalue weighted by molar-refractivity contribution is -0.136. The maximum absolute atomic E-state index is 13.0. The van der Waals surface area contributed by atoms with Crippen molar-refractivity contribution in [1.29, 1.82) is 0 Å². The average Bonchev–Trinajstić information content (AvgIpc) is 2.28. The highest BCUT2D eigenvalue weighted by Gasteiger charge is 2.06. The second-order valence-corrected chi connectivity index (χ2v) is 3.44. The van der Waals surface area contributed by atoms with Crippen LogP contribution in [0, 0.1) is 5.82 Å². The van der Waals surface area contributed by atoms with Gasteiger partial charge in [-0.3, -0.25) is 4.79 Å². The third-order valence-corrected chi connectivity index (χ3v) is 2.14. The molecule has 0 amide bonds. The van der Waals surface area contributed by atoms with E-state index in [4.69, 9.17) is 5.11 Å². The molecule has 0 unspecified atom stereocenters. The van der Waals surface area contributed by atoms with Crippen molar-refractivity contribution in [2.75, 3.05) is 0 Å². The predicted molar refractivity (Wildman–Crippen MR) is 58.8 cm³/mol. The minimum absolute atomic E-state index is 0.208. The Morgan fingerprint density at radius 3 is 2.88 bits per heavy atom. The van der Waals surface area contributed by atoms with Crippen molar-refractivity contribution in [2.24, 2.45) is 0 Å². The van der Waals surface area contributed by atoms with Crippen LogP contribution in [-0.2, 0) is 11.2 Å². The number of benzene rings is 1. The average molecular weight is 232 g/mol. The number of halogens is 1. The van der Waals surface area contributed by atoms with E-state index in [1.54, 1.807) is 18.2 Å². The molecule has 0 radical (unpaired) electrons. The second kappa shape index (κ2) is 4.69. The van der Waals surface area contributed by atoms with Crippen molar-refractivity contribution in [3.05, 3.63) is 48.2 Å². The van der Waals surface area contributed by atoms with Gasteiger partial charge in [-0.2, -0.15) is 0 Å². The smallest absolute Gasteiger partial charge is 0.311 e. The summed E-state index contributed by atoms with van der Waals surface area (Å²) in [5.74, 6) is -1.15. The lowest BCUT2D eigenvalue weighted by Gasteiger charge is -2.02. The summed E-state index contributed by atoms with van der Waals surface area (Å²) >= 11 is 0. The van der Waals surface area contributed by atoms with Crippen LogP contribution in [0.4, 0.5) is 4.39 Å². The fourth-order valence-electron chi connectivity index (χ4n) is 1.43. The Balaban J connectivity index is 2.36. The number of hydrogen-bond acceptors (Lipinski definition) is 3. The number of aromatic nitrogens is 2. The Kier molecular flexibility index (Phi) is 3.09. The van der Waals surface area contributed by atoms with Crippen molar-refractivity contribution in [3.8, 4) is 11.3 Å².